The zero-order valence-corrected chi connectivity index (χ0v) is 10.6. The van der Waals surface area contributed by atoms with Crippen molar-refractivity contribution in [3.8, 4) is 0 Å². The van der Waals surface area contributed by atoms with Gasteiger partial charge in [0.05, 0.1) is 16.8 Å². The van der Waals surface area contributed by atoms with Crippen LogP contribution in [0.15, 0.2) is 24.3 Å². The van der Waals surface area contributed by atoms with E-state index in [1.807, 2.05) is 0 Å². The Labute approximate surface area is 114 Å². The maximum absolute atomic E-state index is 12.1. The largest absolute Gasteiger partial charge is 0.481 e. The van der Waals surface area contributed by atoms with Crippen LogP contribution in [0.1, 0.15) is 19.3 Å². The normalized spacial score (nSPS) is 21.4. The van der Waals surface area contributed by atoms with Crippen molar-refractivity contribution >= 4 is 23.3 Å². The van der Waals surface area contributed by atoms with Crippen LogP contribution in [-0.2, 0) is 9.59 Å². The summed E-state index contributed by atoms with van der Waals surface area (Å²) >= 11 is 0. The van der Waals surface area contributed by atoms with Crippen LogP contribution in [0.25, 0.3) is 0 Å². The van der Waals surface area contributed by atoms with Gasteiger partial charge in [0, 0.05) is 6.07 Å². The molecule has 0 spiro atoms. The third kappa shape index (κ3) is 2.76. The van der Waals surface area contributed by atoms with Crippen molar-refractivity contribution in [3.63, 3.8) is 0 Å². The molecule has 1 aliphatic rings. The molecule has 2 atom stereocenters. The molecule has 1 aliphatic carbocycles. The lowest BCUT2D eigenvalue weighted by Gasteiger charge is -2.15. The second-order valence-corrected chi connectivity index (χ2v) is 4.75. The zero-order valence-electron chi connectivity index (χ0n) is 10.6. The van der Waals surface area contributed by atoms with Crippen LogP contribution in [0.2, 0.25) is 0 Å². The molecular weight excluding hydrogens is 264 g/mol. The van der Waals surface area contributed by atoms with E-state index >= 15 is 0 Å². The minimum Gasteiger partial charge on any atom is -0.481 e. The molecule has 106 valence electrons. The average molecular weight is 278 g/mol. The number of benzene rings is 1. The molecule has 0 heterocycles. The number of carbonyl (C=O) groups excluding carboxylic acids is 1. The van der Waals surface area contributed by atoms with Crippen LogP contribution in [0.5, 0.6) is 0 Å². The Kier molecular flexibility index (Phi) is 3.97. The Morgan fingerprint density at radius 1 is 1.25 bits per heavy atom. The number of nitro groups is 1. The van der Waals surface area contributed by atoms with Crippen LogP contribution in [0, 0.1) is 22.0 Å². The van der Waals surface area contributed by atoms with Gasteiger partial charge in [-0.2, -0.15) is 0 Å². The van der Waals surface area contributed by atoms with Gasteiger partial charge in [0.2, 0.25) is 5.91 Å². The maximum atomic E-state index is 12.1. The number of hydrogen-bond donors (Lipinski definition) is 2. The summed E-state index contributed by atoms with van der Waals surface area (Å²) in [4.78, 5) is 33.4. The van der Waals surface area contributed by atoms with Gasteiger partial charge in [0.25, 0.3) is 5.69 Å². The number of para-hydroxylation sites is 2. The van der Waals surface area contributed by atoms with Crippen molar-refractivity contribution in [1.82, 2.24) is 0 Å². The van der Waals surface area contributed by atoms with E-state index in [0.29, 0.717) is 19.3 Å². The molecule has 0 aliphatic heterocycles. The van der Waals surface area contributed by atoms with Crippen LogP contribution in [0.4, 0.5) is 11.4 Å². The first-order valence-electron chi connectivity index (χ1n) is 6.28. The number of anilines is 1. The van der Waals surface area contributed by atoms with Crippen molar-refractivity contribution in [2.24, 2.45) is 11.8 Å². The van der Waals surface area contributed by atoms with Gasteiger partial charge < -0.3 is 10.4 Å². The molecule has 1 saturated carbocycles. The Morgan fingerprint density at radius 2 is 1.90 bits per heavy atom. The summed E-state index contributed by atoms with van der Waals surface area (Å²) in [6, 6.07) is 5.80. The van der Waals surface area contributed by atoms with E-state index in [-0.39, 0.29) is 11.4 Å². The molecule has 1 amide bonds. The first-order chi connectivity index (χ1) is 9.50. The van der Waals surface area contributed by atoms with E-state index in [4.69, 9.17) is 5.11 Å². The molecule has 1 aromatic carbocycles. The number of carbonyl (C=O) groups is 2. The summed E-state index contributed by atoms with van der Waals surface area (Å²) in [5.41, 5.74) is -0.107. The number of nitrogens with zero attached hydrogens (tertiary/aromatic N) is 1. The average Bonchev–Trinajstić information content (AvgIpc) is 2.88. The fraction of sp³-hybridized carbons (Fsp3) is 0.385. The van der Waals surface area contributed by atoms with Gasteiger partial charge in [-0.05, 0) is 18.9 Å². The highest BCUT2D eigenvalue weighted by molar-refractivity contribution is 5.97. The van der Waals surface area contributed by atoms with Crippen molar-refractivity contribution in [3.05, 3.63) is 34.4 Å². The fourth-order valence-electron chi connectivity index (χ4n) is 2.53. The lowest BCUT2D eigenvalue weighted by atomic mass is 9.95. The molecule has 1 fully saturated rings. The minimum atomic E-state index is -0.995. The van der Waals surface area contributed by atoms with E-state index in [1.165, 1.54) is 18.2 Å². The molecule has 0 radical (unpaired) electrons. The van der Waals surface area contributed by atoms with Crippen LogP contribution >= 0.6 is 0 Å². The first-order valence-corrected chi connectivity index (χ1v) is 6.28. The van der Waals surface area contributed by atoms with Gasteiger partial charge in [-0.25, -0.2) is 0 Å². The fourth-order valence-corrected chi connectivity index (χ4v) is 2.53. The highest BCUT2D eigenvalue weighted by Crippen LogP contribution is 2.33. The monoisotopic (exact) mass is 278 g/mol. The number of carboxylic acid groups (broad SMARTS) is 1. The zero-order chi connectivity index (χ0) is 14.7. The van der Waals surface area contributed by atoms with Crippen molar-refractivity contribution in [2.45, 2.75) is 19.3 Å². The molecule has 0 unspecified atom stereocenters. The van der Waals surface area contributed by atoms with Gasteiger partial charge in [0.15, 0.2) is 0 Å². The van der Waals surface area contributed by atoms with Gasteiger partial charge in [0.1, 0.15) is 5.69 Å². The predicted octanol–water partition coefficient (Wildman–Crippen LogP) is 2.03. The Morgan fingerprint density at radius 3 is 2.55 bits per heavy atom. The second kappa shape index (κ2) is 5.68. The lowest BCUT2D eigenvalue weighted by molar-refractivity contribution is -0.383. The summed E-state index contributed by atoms with van der Waals surface area (Å²) < 4.78 is 0. The second-order valence-electron chi connectivity index (χ2n) is 4.75. The van der Waals surface area contributed by atoms with E-state index in [9.17, 15) is 19.7 Å². The van der Waals surface area contributed by atoms with E-state index in [1.54, 1.807) is 6.07 Å². The highest BCUT2D eigenvalue weighted by atomic mass is 16.6. The van der Waals surface area contributed by atoms with Gasteiger partial charge in [-0.1, -0.05) is 18.6 Å². The number of amides is 1. The number of nitro benzene ring substituents is 1. The number of nitrogens with one attached hydrogen (secondary N) is 1. The molecule has 0 aromatic heterocycles. The summed E-state index contributed by atoms with van der Waals surface area (Å²) in [5.74, 6) is -2.81. The standard InChI is InChI=1S/C13H14N2O5/c16-12(8-4-3-5-9(8)13(17)18)14-10-6-1-2-7-11(10)15(19)20/h1-2,6-9H,3-5H2,(H,14,16)(H,17,18)/t8-,9+/m1/s1. The van der Waals surface area contributed by atoms with Crippen molar-refractivity contribution in [2.75, 3.05) is 5.32 Å². The molecule has 20 heavy (non-hydrogen) atoms. The lowest BCUT2D eigenvalue weighted by Crippen LogP contribution is -2.30. The van der Waals surface area contributed by atoms with Gasteiger partial charge >= 0.3 is 5.97 Å². The third-order valence-electron chi connectivity index (χ3n) is 3.53. The molecule has 1 aromatic rings. The Hall–Kier alpha value is -2.44. The molecule has 7 heteroatoms. The number of aliphatic carboxylic acids is 1. The van der Waals surface area contributed by atoms with E-state index < -0.39 is 28.6 Å². The van der Waals surface area contributed by atoms with Crippen LogP contribution in [0.3, 0.4) is 0 Å². The summed E-state index contributed by atoms with van der Waals surface area (Å²) in [6.45, 7) is 0. The van der Waals surface area contributed by atoms with Gasteiger partial charge in [-0.3, -0.25) is 19.7 Å². The van der Waals surface area contributed by atoms with Crippen molar-refractivity contribution < 1.29 is 19.6 Å². The quantitative estimate of drug-likeness (QED) is 0.646. The van der Waals surface area contributed by atoms with Crippen LogP contribution in [-0.4, -0.2) is 21.9 Å². The highest BCUT2D eigenvalue weighted by Gasteiger charge is 2.38. The molecule has 0 saturated heterocycles. The summed E-state index contributed by atoms with van der Waals surface area (Å²) in [6.07, 6.45) is 1.62. The molecule has 2 rings (SSSR count). The minimum absolute atomic E-state index is 0.0959. The number of carboxylic acids is 1. The molecular formula is C13H14N2O5. The third-order valence-corrected chi connectivity index (χ3v) is 3.53. The Bertz CT molecular complexity index is 557. The topological polar surface area (TPSA) is 110 Å². The van der Waals surface area contributed by atoms with E-state index in [2.05, 4.69) is 5.32 Å². The van der Waals surface area contributed by atoms with Crippen LogP contribution < -0.4 is 5.32 Å². The van der Waals surface area contributed by atoms with Crippen molar-refractivity contribution in [1.29, 1.82) is 0 Å². The first kappa shape index (κ1) is 14.0. The molecule has 0 bridgehead atoms. The maximum Gasteiger partial charge on any atom is 0.307 e. The number of rotatable bonds is 4. The predicted molar refractivity (Wildman–Crippen MR) is 70.2 cm³/mol. The SMILES string of the molecule is O=C(O)[C@H]1CCC[C@H]1C(=O)Nc1ccccc1[N+](=O)[O-]. The van der Waals surface area contributed by atoms with Gasteiger partial charge in [-0.15, -0.1) is 0 Å². The Balaban J connectivity index is 2.16. The smallest absolute Gasteiger partial charge is 0.307 e. The molecule has 7 nitrogen and oxygen atoms in total. The number of hydrogen-bond acceptors (Lipinski definition) is 4. The summed E-state index contributed by atoms with van der Waals surface area (Å²) in [7, 11) is 0. The summed E-state index contributed by atoms with van der Waals surface area (Å²) in [5, 5.41) is 22.4. The van der Waals surface area contributed by atoms with E-state index in [0.717, 1.165) is 0 Å². The molecule has 2 N–H and O–H groups in total.